The summed E-state index contributed by atoms with van der Waals surface area (Å²) in [6.45, 7) is 0. The Bertz CT molecular complexity index is 863. The Hall–Kier alpha value is -1.25. The summed E-state index contributed by atoms with van der Waals surface area (Å²) in [5.74, 6) is -0.685. The molecule has 1 atom stereocenters. The Morgan fingerprint density at radius 3 is 2.86 bits per heavy atom. The van der Waals surface area contributed by atoms with Crippen LogP contribution in [0.1, 0.15) is 16.9 Å². The maximum Gasteiger partial charge on any atom is 0.239 e. The van der Waals surface area contributed by atoms with Gasteiger partial charge in [-0.05, 0) is 24.8 Å². The zero-order valence-corrected chi connectivity index (χ0v) is 14.4. The first-order valence-corrected chi connectivity index (χ1v) is 9.71. The van der Waals surface area contributed by atoms with Crippen LogP contribution >= 0.6 is 22.9 Å². The molecule has 1 aliphatic carbocycles. The standard InChI is InChI=1S/C13H14ClN3O3S2/c1-17(22(2,19)20)13(18)7-3-4-8-9(5-7)21-12-10(8)11(14)15-6-16-12/h6-7H,3-5H2,1-2H3. The van der Waals surface area contributed by atoms with Gasteiger partial charge in [0.25, 0.3) is 0 Å². The van der Waals surface area contributed by atoms with Crippen LogP contribution < -0.4 is 0 Å². The van der Waals surface area contributed by atoms with Crippen LogP contribution in [0.2, 0.25) is 5.15 Å². The van der Waals surface area contributed by atoms with Crippen molar-refractivity contribution >= 4 is 49.1 Å². The third-order valence-electron chi connectivity index (χ3n) is 3.96. The van der Waals surface area contributed by atoms with Gasteiger partial charge in [0, 0.05) is 17.8 Å². The topological polar surface area (TPSA) is 80.2 Å². The predicted octanol–water partition coefficient (Wildman–Crippen LogP) is 1.87. The fourth-order valence-electron chi connectivity index (χ4n) is 2.70. The first-order chi connectivity index (χ1) is 10.3. The van der Waals surface area contributed by atoms with Crippen LogP contribution in [0.25, 0.3) is 10.2 Å². The number of carbonyl (C=O) groups is 1. The Kier molecular flexibility index (Phi) is 3.86. The summed E-state index contributed by atoms with van der Waals surface area (Å²) < 4.78 is 23.9. The number of sulfonamides is 1. The number of halogens is 1. The molecule has 1 unspecified atom stereocenters. The van der Waals surface area contributed by atoms with Crippen molar-refractivity contribution in [3.63, 3.8) is 0 Å². The van der Waals surface area contributed by atoms with Crippen molar-refractivity contribution in [2.45, 2.75) is 19.3 Å². The van der Waals surface area contributed by atoms with Crippen molar-refractivity contribution in [3.8, 4) is 0 Å². The Labute approximate surface area is 137 Å². The number of hydrogen-bond acceptors (Lipinski definition) is 6. The van der Waals surface area contributed by atoms with E-state index in [2.05, 4.69) is 9.97 Å². The molecule has 0 saturated carbocycles. The van der Waals surface area contributed by atoms with Crippen LogP contribution in [0, 0.1) is 5.92 Å². The summed E-state index contributed by atoms with van der Waals surface area (Å²) >= 11 is 7.64. The third kappa shape index (κ3) is 2.59. The lowest BCUT2D eigenvalue weighted by Crippen LogP contribution is -2.38. The molecule has 0 spiro atoms. The molecule has 2 aromatic heterocycles. The van der Waals surface area contributed by atoms with Gasteiger partial charge in [-0.3, -0.25) is 4.79 Å². The van der Waals surface area contributed by atoms with E-state index in [1.807, 2.05) is 0 Å². The molecule has 1 amide bonds. The highest BCUT2D eigenvalue weighted by Crippen LogP contribution is 2.39. The number of thiophene rings is 1. The zero-order valence-electron chi connectivity index (χ0n) is 12.0. The van der Waals surface area contributed by atoms with Crippen LogP contribution in [0.4, 0.5) is 0 Å². The first kappa shape index (κ1) is 15.6. The molecule has 9 heteroatoms. The lowest BCUT2D eigenvalue weighted by atomic mass is 9.87. The van der Waals surface area contributed by atoms with Crippen LogP contribution in [0.15, 0.2) is 6.33 Å². The molecule has 2 aromatic rings. The molecule has 0 saturated heterocycles. The summed E-state index contributed by atoms with van der Waals surface area (Å²) in [6, 6.07) is 0. The van der Waals surface area contributed by atoms with Crippen molar-refractivity contribution in [2.75, 3.05) is 13.3 Å². The molecular formula is C13H14ClN3O3S2. The fourth-order valence-corrected chi connectivity index (χ4v) is 4.75. The van der Waals surface area contributed by atoms with E-state index in [-0.39, 0.29) is 11.8 Å². The van der Waals surface area contributed by atoms with Crippen molar-refractivity contribution in [1.29, 1.82) is 0 Å². The van der Waals surface area contributed by atoms with Gasteiger partial charge in [-0.2, -0.15) is 0 Å². The second-order valence-corrected chi connectivity index (χ2v) is 8.81. The molecule has 0 aromatic carbocycles. The van der Waals surface area contributed by atoms with Crippen molar-refractivity contribution in [3.05, 3.63) is 21.9 Å². The largest absolute Gasteiger partial charge is 0.273 e. The molecule has 2 heterocycles. The minimum atomic E-state index is -3.52. The summed E-state index contributed by atoms with van der Waals surface area (Å²) in [7, 11) is -2.21. The van der Waals surface area contributed by atoms with Crippen LogP contribution in [0.5, 0.6) is 0 Å². The van der Waals surface area contributed by atoms with E-state index >= 15 is 0 Å². The smallest absolute Gasteiger partial charge is 0.239 e. The second kappa shape index (κ2) is 5.43. The number of aromatic nitrogens is 2. The summed E-state index contributed by atoms with van der Waals surface area (Å²) in [6.07, 6.45) is 4.26. The quantitative estimate of drug-likeness (QED) is 0.765. The number of aryl methyl sites for hydroxylation is 1. The molecule has 0 aliphatic heterocycles. The fraction of sp³-hybridized carbons (Fsp3) is 0.462. The van der Waals surface area contributed by atoms with Gasteiger partial charge in [0.05, 0.1) is 11.6 Å². The van der Waals surface area contributed by atoms with E-state index in [0.29, 0.717) is 24.4 Å². The SMILES string of the molecule is CN(C(=O)C1CCc2c(sc3ncnc(Cl)c23)C1)S(C)(=O)=O. The van der Waals surface area contributed by atoms with Gasteiger partial charge in [-0.1, -0.05) is 11.6 Å². The Balaban J connectivity index is 1.93. The maximum atomic E-state index is 12.3. The molecule has 0 N–H and O–H groups in total. The highest BCUT2D eigenvalue weighted by Gasteiger charge is 2.32. The normalized spacial score (nSPS) is 18.2. The molecule has 0 radical (unpaired) electrons. The van der Waals surface area contributed by atoms with Crippen molar-refractivity contribution in [1.82, 2.24) is 14.3 Å². The molecule has 22 heavy (non-hydrogen) atoms. The molecule has 6 nitrogen and oxygen atoms in total. The molecule has 3 rings (SSSR count). The first-order valence-electron chi connectivity index (χ1n) is 6.67. The number of rotatable bonds is 2. The van der Waals surface area contributed by atoms with Gasteiger partial charge in [-0.15, -0.1) is 11.3 Å². The average Bonchev–Trinajstić information content (AvgIpc) is 2.83. The van der Waals surface area contributed by atoms with E-state index in [1.54, 1.807) is 0 Å². The molecule has 1 aliphatic rings. The van der Waals surface area contributed by atoms with E-state index < -0.39 is 10.0 Å². The van der Waals surface area contributed by atoms with Gasteiger partial charge in [0.15, 0.2) is 0 Å². The number of carbonyl (C=O) groups excluding carboxylic acids is 1. The van der Waals surface area contributed by atoms with Gasteiger partial charge < -0.3 is 0 Å². The number of hydrogen-bond donors (Lipinski definition) is 0. The summed E-state index contributed by atoms with van der Waals surface area (Å²) in [5, 5.41) is 1.30. The number of amides is 1. The summed E-state index contributed by atoms with van der Waals surface area (Å²) in [4.78, 5) is 22.4. The average molecular weight is 360 g/mol. The van der Waals surface area contributed by atoms with Crippen LogP contribution in [-0.2, 0) is 27.7 Å². The van der Waals surface area contributed by atoms with E-state index in [1.165, 1.54) is 24.7 Å². The lowest BCUT2D eigenvalue weighted by Gasteiger charge is -2.25. The van der Waals surface area contributed by atoms with E-state index in [9.17, 15) is 13.2 Å². The predicted molar refractivity (Wildman–Crippen MR) is 85.6 cm³/mol. The van der Waals surface area contributed by atoms with Crippen molar-refractivity contribution in [2.24, 2.45) is 5.92 Å². The van der Waals surface area contributed by atoms with E-state index in [0.717, 1.165) is 31.2 Å². The highest BCUT2D eigenvalue weighted by molar-refractivity contribution is 7.88. The molecule has 0 fully saturated rings. The van der Waals surface area contributed by atoms with Gasteiger partial charge in [-0.25, -0.2) is 22.7 Å². The second-order valence-electron chi connectivity index (χ2n) is 5.36. The van der Waals surface area contributed by atoms with Gasteiger partial charge in [0.2, 0.25) is 15.9 Å². The lowest BCUT2D eigenvalue weighted by molar-refractivity contribution is -0.130. The van der Waals surface area contributed by atoms with Crippen LogP contribution in [0.3, 0.4) is 0 Å². The minimum Gasteiger partial charge on any atom is -0.273 e. The van der Waals surface area contributed by atoms with Gasteiger partial charge >= 0.3 is 0 Å². The number of fused-ring (bicyclic) bond motifs is 3. The molecular weight excluding hydrogens is 346 g/mol. The van der Waals surface area contributed by atoms with Gasteiger partial charge in [0.1, 0.15) is 16.3 Å². The zero-order chi connectivity index (χ0) is 16.1. The van der Waals surface area contributed by atoms with E-state index in [4.69, 9.17) is 11.6 Å². The monoisotopic (exact) mass is 359 g/mol. The van der Waals surface area contributed by atoms with Crippen molar-refractivity contribution < 1.29 is 13.2 Å². The summed E-state index contributed by atoms with van der Waals surface area (Å²) in [5.41, 5.74) is 1.09. The molecule has 0 bridgehead atoms. The Morgan fingerprint density at radius 2 is 2.18 bits per heavy atom. The molecule has 118 valence electrons. The van der Waals surface area contributed by atoms with Crippen LogP contribution in [-0.4, -0.2) is 41.9 Å². The minimum absolute atomic E-state index is 0.327. The Morgan fingerprint density at radius 1 is 1.45 bits per heavy atom. The maximum absolute atomic E-state index is 12.3. The highest BCUT2D eigenvalue weighted by atomic mass is 35.5. The number of nitrogens with zero attached hydrogens (tertiary/aromatic N) is 3. The third-order valence-corrected chi connectivity index (χ3v) is 6.58.